The molecule has 0 saturated carbocycles. The lowest BCUT2D eigenvalue weighted by molar-refractivity contribution is -0.139. The first-order chi connectivity index (χ1) is 10.9. The van der Waals surface area contributed by atoms with Crippen LogP contribution in [-0.2, 0) is 16.1 Å². The summed E-state index contributed by atoms with van der Waals surface area (Å²) in [6.45, 7) is 2.59. The second kappa shape index (κ2) is 7.52. The highest BCUT2D eigenvalue weighted by Crippen LogP contribution is 2.22. The van der Waals surface area contributed by atoms with Crippen LogP contribution in [0.4, 0.5) is 0 Å². The summed E-state index contributed by atoms with van der Waals surface area (Å²) in [6.07, 6.45) is 0.0235. The van der Waals surface area contributed by atoms with Crippen LogP contribution in [0, 0.1) is 0 Å². The van der Waals surface area contributed by atoms with Gasteiger partial charge in [-0.25, -0.2) is 4.98 Å². The molecule has 0 aliphatic heterocycles. The van der Waals surface area contributed by atoms with Crippen molar-refractivity contribution in [3.05, 3.63) is 29.3 Å². The average molecular weight is 335 g/mol. The Morgan fingerprint density at radius 3 is 2.65 bits per heavy atom. The van der Waals surface area contributed by atoms with Crippen molar-refractivity contribution < 1.29 is 14.7 Å². The third kappa shape index (κ3) is 4.49. The molecule has 0 radical (unpaired) electrons. The van der Waals surface area contributed by atoms with E-state index in [9.17, 15) is 9.59 Å². The molecular formula is C16H21N3O3S. The lowest BCUT2D eigenvalue weighted by atomic mass is 10.2. The highest BCUT2D eigenvalue weighted by molar-refractivity contribution is 7.18. The fourth-order valence-electron chi connectivity index (χ4n) is 2.24. The number of nitrogens with zero attached hydrogens (tertiary/aromatic N) is 3. The number of carbonyl (C=O) groups excluding carboxylic acids is 1. The summed E-state index contributed by atoms with van der Waals surface area (Å²) < 4.78 is 1.11. The van der Waals surface area contributed by atoms with Crippen LogP contribution < -0.4 is 0 Å². The molecule has 0 spiro atoms. The van der Waals surface area contributed by atoms with Gasteiger partial charge in [0.05, 0.1) is 29.2 Å². The van der Waals surface area contributed by atoms with Crippen LogP contribution in [0.5, 0.6) is 0 Å². The summed E-state index contributed by atoms with van der Waals surface area (Å²) in [4.78, 5) is 31.0. The molecule has 0 aliphatic carbocycles. The van der Waals surface area contributed by atoms with E-state index in [1.807, 2.05) is 24.3 Å². The number of carbonyl (C=O) groups is 2. The summed E-state index contributed by atoms with van der Waals surface area (Å²) in [5.41, 5.74) is 0.944. The Bertz CT molecular complexity index is 668. The van der Waals surface area contributed by atoms with E-state index in [0.717, 1.165) is 15.2 Å². The van der Waals surface area contributed by atoms with Gasteiger partial charge in [0, 0.05) is 13.6 Å². The molecule has 23 heavy (non-hydrogen) atoms. The first kappa shape index (κ1) is 17.4. The summed E-state index contributed by atoms with van der Waals surface area (Å²) in [6, 6.07) is 7.52. The van der Waals surface area contributed by atoms with Crippen molar-refractivity contribution in [1.82, 2.24) is 14.8 Å². The molecule has 1 unspecified atom stereocenters. The number of likely N-dealkylation sites (N-methyl/N-ethyl adjacent to an activating group) is 2. The molecule has 0 aliphatic rings. The standard InChI is InChI=1S/C16H21N3O3S/c1-11(18(2)9-8-15(20)21)16(22)19(3)10-14-17-12-6-4-5-7-13(12)23-14/h4-7,11H,8-10H2,1-3H3,(H,20,21). The number of fused-ring (bicyclic) bond motifs is 1. The number of rotatable bonds is 7. The van der Waals surface area contributed by atoms with Crippen LogP contribution in [0.3, 0.4) is 0 Å². The summed E-state index contributed by atoms with van der Waals surface area (Å²) in [7, 11) is 3.51. The maximum atomic E-state index is 12.5. The van der Waals surface area contributed by atoms with E-state index >= 15 is 0 Å². The van der Waals surface area contributed by atoms with Gasteiger partial charge in [-0.15, -0.1) is 11.3 Å². The number of aliphatic carboxylic acids is 1. The van der Waals surface area contributed by atoms with Gasteiger partial charge in [-0.3, -0.25) is 14.5 Å². The minimum atomic E-state index is -0.862. The van der Waals surface area contributed by atoms with Gasteiger partial charge in [0.1, 0.15) is 5.01 Å². The van der Waals surface area contributed by atoms with E-state index in [0.29, 0.717) is 13.1 Å². The molecule has 1 heterocycles. The zero-order chi connectivity index (χ0) is 17.0. The Morgan fingerprint density at radius 2 is 2.00 bits per heavy atom. The first-order valence-corrected chi connectivity index (χ1v) is 8.21. The molecule has 0 bridgehead atoms. The van der Waals surface area contributed by atoms with E-state index in [1.165, 1.54) is 0 Å². The largest absolute Gasteiger partial charge is 0.481 e. The molecular weight excluding hydrogens is 314 g/mol. The van der Waals surface area contributed by atoms with Crippen LogP contribution >= 0.6 is 11.3 Å². The smallest absolute Gasteiger partial charge is 0.304 e. The molecule has 1 N–H and O–H groups in total. The first-order valence-electron chi connectivity index (χ1n) is 7.40. The van der Waals surface area contributed by atoms with Crippen molar-refractivity contribution in [2.24, 2.45) is 0 Å². The van der Waals surface area contributed by atoms with Gasteiger partial charge >= 0.3 is 5.97 Å². The quantitative estimate of drug-likeness (QED) is 0.838. The highest BCUT2D eigenvalue weighted by atomic mass is 32.1. The Labute approximate surface area is 139 Å². The Morgan fingerprint density at radius 1 is 1.30 bits per heavy atom. The molecule has 124 valence electrons. The van der Waals surface area contributed by atoms with Crippen molar-refractivity contribution in [2.45, 2.75) is 25.9 Å². The predicted molar refractivity (Wildman–Crippen MR) is 90.4 cm³/mol. The molecule has 0 fully saturated rings. The lowest BCUT2D eigenvalue weighted by Crippen LogP contribution is -2.44. The summed E-state index contributed by atoms with van der Waals surface area (Å²) >= 11 is 1.58. The Kier molecular flexibility index (Phi) is 5.68. The number of para-hydroxylation sites is 1. The van der Waals surface area contributed by atoms with Crippen LogP contribution in [-0.4, -0.2) is 58.4 Å². The van der Waals surface area contributed by atoms with Gasteiger partial charge in [-0.2, -0.15) is 0 Å². The molecule has 1 aromatic heterocycles. The maximum absolute atomic E-state index is 12.5. The van der Waals surface area contributed by atoms with E-state index in [1.54, 1.807) is 42.2 Å². The fourth-order valence-corrected chi connectivity index (χ4v) is 3.26. The van der Waals surface area contributed by atoms with E-state index in [2.05, 4.69) is 4.98 Å². The topological polar surface area (TPSA) is 73.7 Å². The minimum Gasteiger partial charge on any atom is -0.481 e. The number of amides is 1. The molecule has 1 aromatic carbocycles. The number of aromatic nitrogens is 1. The minimum absolute atomic E-state index is 0.0235. The molecule has 1 atom stereocenters. The van der Waals surface area contributed by atoms with Crippen LogP contribution in [0.1, 0.15) is 18.4 Å². The van der Waals surface area contributed by atoms with Crippen LogP contribution in [0.25, 0.3) is 10.2 Å². The van der Waals surface area contributed by atoms with Crippen molar-refractivity contribution in [1.29, 1.82) is 0 Å². The van der Waals surface area contributed by atoms with Crippen LogP contribution in [0.2, 0.25) is 0 Å². The third-order valence-corrected chi connectivity index (χ3v) is 4.80. The number of benzene rings is 1. The van der Waals surface area contributed by atoms with E-state index in [4.69, 9.17) is 5.11 Å². The van der Waals surface area contributed by atoms with Gasteiger partial charge < -0.3 is 10.0 Å². The van der Waals surface area contributed by atoms with Gasteiger partial charge in [-0.05, 0) is 26.1 Å². The molecule has 6 nitrogen and oxygen atoms in total. The molecule has 0 saturated heterocycles. The molecule has 2 rings (SSSR count). The number of carboxylic acid groups (broad SMARTS) is 1. The van der Waals surface area contributed by atoms with Crippen molar-refractivity contribution >= 4 is 33.4 Å². The van der Waals surface area contributed by atoms with Crippen molar-refractivity contribution in [2.75, 3.05) is 20.6 Å². The molecule has 7 heteroatoms. The number of hydrogen-bond acceptors (Lipinski definition) is 5. The van der Waals surface area contributed by atoms with Crippen molar-refractivity contribution in [3.8, 4) is 0 Å². The van der Waals surface area contributed by atoms with E-state index in [-0.39, 0.29) is 18.4 Å². The highest BCUT2D eigenvalue weighted by Gasteiger charge is 2.22. The monoisotopic (exact) mass is 335 g/mol. The normalized spacial score (nSPS) is 12.5. The zero-order valence-electron chi connectivity index (χ0n) is 13.5. The second-order valence-corrected chi connectivity index (χ2v) is 6.69. The summed E-state index contributed by atoms with van der Waals surface area (Å²) in [5, 5.41) is 9.62. The zero-order valence-corrected chi connectivity index (χ0v) is 14.3. The third-order valence-electron chi connectivity index (χ3n) is 3.78. The van der Waals surface area contributed by atoms with Crippen LogP contribution in [0.15, 0.2) is 24.3 Å². The van der Waals surface area contributed by atoms with Crippen molar-refractivity contribution in [3.63, 3.8) is 0 Å². The number of hydrogen-bond donors (Lipinski definition) is 1. The average Bonchev–Trinajstić information content (AvgIpc) is 2.93. The van der Waals surface area contributed by atoms with Gasteiger partial charge in [-0.1, -0.05) is 12.1 Å². The molecule has 2 aromatic rings. The Balaban J connectivity index is 1.97. The van der Waals surface area contributed by atoms with E-state index < -0.39 is 5.97 Å². The lowest BCUT2D eigenvalue weighted by Gasteiger charge is -2.27. The predicted octanol–water partition coefficient (Wildman–Crippen LogP) is 2.05. The Hall–Kier alpha value is -1.99. The second-order valence-electron chi connectivity index (χ2n) is 5.57. The fraction of sp³-hybridized carbons (Fsp3) is 0.438. The van der Waals surface area contributed by atoms with Gasteiger partial charge in [0.15, 0.2) is 0 Å². The van der Waals surface area contributed by atoms with Gasteiger partial charge in [0.2, 0.25) is 5.91 Å². The van der Waals surface area contributed by atoms with Gasteiger partial charge in [0.25, 0.3) is 0 Å². The molecule has 1 amide bonds. The maximum Gasteiger partial charge on any atom is 0.304 e. The SMILES string of the molecule is CC(C(=O)N(C)Cc1nc2ccccc2s1)N(C)CCC(=O)O. The number of carboxylic acids is 1. The number of thiazole rings is 1. The summed E-state index contributed by atoms with van der Waals surface area (Å²) in [5.74, 6) is -0.906.